The van der Waals surface area contributed by atoms with Gasteiger partial charge in [-0.05, 0) is 47.7 Å². The molecule has 28 heavy (non-hydrogen) atoms. The summed E-state index contributed by atoms with van der Waals surface area (Å²) in [6.07, 6.45) is 2.60. The van der Waals surface area contributed by atoms with Crippen LogP contribution in [0.4, 0.5) is 5.69 Å². The van der Waals surface area contributed by atoms with E-state index >= 15 is 0 Å². The van der Waals surface area contributed by atoms with Gasteiger partial charge in [-0.2, -0.15) is 0 Å². The van der Waals surface area contributed by atoms with Crippen LogP contribution < -0.4 is 10.6 Å². The lowest BCUT2D eigenvalue weighted by atomic mass is 10.0. The second-order valence-corrected chi connectivity index (χ2v) is 7.87. The molecule has 2 amide bonds. The minimum atomic E-state index is 0.0250. The largest absolute Gasteiger partial charge is 0.333 e. The molecule has 2 N–H and O–H groups in total. The lowest BCUT2D eigenvalue weighted by Gasteiger charge is -2.36. The van der Waals surface area contributed by atoms with Gasteiger partial charge in [-0.25, -0.2) is 0 Å². The molecule has 2 aromatic rings. The third-order valence-corrected chi connectivity index (χ3v) is 5.68. The first-order valence-corrected chi connectivity index (χ1v) is 10.2. The number of hydrogen-bond acceptors (Lipinski definition) is 3. The number of anilines is 1. The van der Waals surface area contributed by atoms with Crippen molar-refractivity contribution in [3.63, 3.8) is 0 Å². The van der Waals surface area contributed by atoms with E-state index in [1.54, 1.807) is 0 Å². The van der Waals surface area contributed by atoms with Crippen molar-refractivity contribution < 1.29 is 9.59 Å². The van der Waals surface area contributed by atoms with Gasteiger partial charge in [0.1, 0.15) is 0 Å². The highest BCUT2D eigenvalue weighted by atomic mass is 35.5. The topological polar surface area (TPSA) is 61.4 Å². The summed E-state index contributed by atoms with van der Waals surface area (Å²) >= 11 is 6.14. The van der Waals surface area contributed by atoms with Crippen LogP contribution in [0, 0.1) is 0 Å². The number of halogens is 1. The molecule has 1 atom stereocenters. The summed E-state index contributed by atoms with van der Waals surface area (Å²) in [6, 6.07) is 13.9. The van der Waals surface area contributed by atoms with Crippen LogP contribution in [0.5, 0.6) is 0 Å². The van der Waals surface area contributed by atoms with Crippen molar-refractivity contribution in [2.75, 3.05) is 25.0 Å². The quantitative estimate of drug-likeness (QED) is 0.813. The zero-order chi connectivity index (χ0) is 19.5. The molecule has 2 heterocycles. The molecular formula is C22H24ClN3O2. The second-order valence-electron chi connectivity index (χ2n) is 7.43. The molecule has 1 fully saturated rings. The Hall–Kier alpha value is -2.37. The summed E-state index contributed by atoms with van der Waals surface area (Å²) < 4.78 is 0. The van der Waals surface area contributed by atoms with Crippen molar-refractivity contribution in [1.29, 1.82) is 0 Å². The zero-order valence-corrected chi connectivity index (χ0v) is 16.5. The summed E-state index contributed by atoms with van der Waals surface area (Å²) in [5, 5.41) is 6.92. The fourth-order valence-electron chi connectivity index (χ4n) is 4.04. The Bertz CT molecular complexity index is 899. The molecule has 1 saturated heterocycles. The molecule has 0 radical (unpaired) electrons. The second kappa shape index (κ2) is 8.33. The Balaban J connectivity index is 1.36. The molecule has 4 rings (SSSR count). The molecule has 0 aliphatic carbocycles. The van der Waals surface area contributed by atoms with Crippen molar-refractivity contribution in [3.05, 3.63) is 64.2 Å². The molecule has 6 heteroatoms. The maximum atomic E-state index is 12.9. The fourth-order valence-corrected chi connectivity index (χ4v) is 4.24. The Labute approximate surface area is 170 Å². The first-order chi connectivity index (χ1) is 13.6. The molecule has 2 aliphatic rings. The Kier molecular flexibility index (Phi) is 5.64. The van der Waals surface area contributed by atoms with E-state index in [2.05, 4.69) is 16.7 Å². The van der Waals surface area contributed by atoms with Crippen molar-refractivity contribution in [1.82, 2.24) is 10.2 Å². The minimum Gasteiger partial charge on any atom is -0.333 e. The number of carbonyl (C=O) groups is 2. The van der Waals surface area contributed by atoms with Crippen LogP contribution in [-0.2, 0) is 22.4 Å². The average Bonchev–Trinajstić information content (AvgIpc) is 3.07. The van der Waals surface area contributed by atoms with Crippen LogP contribution in [0.15, 0.2) is 42.5 Å². The lowest BCUT2D eigenvalue weighted by molar-refractivity contribution is -0.134. The van der Waals surface area contributed by atoms with Crippen LogP contribution in [-0.4, -0.2) is 36.3 Å². The molecular weight excluding hydrogens is 374 g/mol. The summed E-state index contributed by atoms with van der Waals surface area (Å²) in [5.41, 5.74) is 4.21. The van der Waals surface area contributed by atoms with E-state index in [1.165, 1.54) is 5.56 Å². The number of rotatable bonds is 5. The van der Waals surface area contributed by atoms with E-state index in [-0.39, 0.29) is 17.9 Å². The van der Waals surface area contributed by atoms with Crippen molar-refractivity contribution in [2.45, 2.75) is 31.7 Å². The van der Waals surface area contributed by atoms with E-state index < -0.39 is 0 Å². The van der Waals surface area contributed by atoms with Crippen LogP contribution >= 0.6 is 11.6 Å². The predicted octanol–water partition coefficient (Wildman–Crippen LogP) is 3.33. The van der Waals surface area contributed by atoms with Gasteiger partial charge < -0.3 is 15.5 Å². The number of hydrogen-bond donors (Lipinski definition) is 2. The van der Waals surface area contributed by atoms with Crippen LogP contribution in [0.3, 0.4) is 0 Å². The molecule has 0 saturated carbocycles. The van der Waals surface area contributed by atoms with Gasteiger partial charge in [0.15, 0.2) is 0 Å². The van der Waals surface area contributed by atoms with Gasteiger partial charge in [0.2, 0.25) is 11.8 Å². The number of fused-ring (bicyclic) bond motifs is 1. The number of nitrogens with zero attached hydrogens (tertiary/aromatic N) is 1. The number of carbonyl (C=O) groups excluding carboxylic acids is 2. The Morgan fingerprint density at radius 2 is 2.11 bits per heavy atom. The van der Waals surface area contributed by atoms with E-state index in [4.69, 9.17) is 11.6 Å². The highest BCUT2D eigenvalue weighted by molar-refractivity contribution is 6.30. The Morgan fingerprint density at radius 3 is 2.96 bits per heavy atom. The molecule has 0 aromatic heterocycles. The predicted molar refractivity (Wildman–Crippen MR) is 110 cm³/mol. The molecule has 5 nitrogen and oxygen atoms in total. The standard InChI is InChI=1S/C22H24ClN3O2/c23-18-5-2-4-16(12-18)20-14-24-9-10-26(20)22(28)6-1-3-15-7-8-19-17(11-15)13-21(27)25-19/h2,4-5,7-8,11-12,20,24H,1,3,6,9-10,13-14H2,(H,25,27). The maximum Gasteiger partial charge on any atom is 0.228 e. The highest BCUT2D eigenvalue weighted by Crippen LogP contribution is 2.27. The van der Waals surface area contributed by atoms with Gasteiger partial charge in [-0.15, -0.1) is 0 Å². The summed E-state index contributed by atoms with van der Waals surface area (Å²) in [5.74, 6) is 0.234. The zero-order valence-electron chi connectivity index (χ0n) is 15.7. The Morgan fingerprint density at radius 1 is 1.21 bits per heavy atom. The SMILES string of the molecule is O=C1Cc2cc(CCCC(=O)N3CCNCC3c3cccc(Cl)c3)ccc2N1. The van der Waals surface area contributed by atoms with Crippen LogP contribution in [0.2, 0.25) is 5.02 Å². The van der Waals surface area contributed by atoms with Crippen LogP contribution in [0.25, 0.3) is 0 Å². The molecule has 2 aromatic carbocycles. The van der Waals surface area contributed by atoms with Crippen molar-refractivity contribution in [3.8, 4) is 0 Å². The molecule has 0 bridgehead atoms. The smallest absolute Gasteiger partial charge is 0.228 e. The van der Waals surface area contributed by atoms with E-state index in [9.17, 15) is 9.59 Å². The normalized spacial score (nSPS) is 18.7. The number of benzene rings is 2. The van der Waals surface area contributed by atoms with E-state index in [0.29, 0.717) is 24.4 Å². The first-order valence-electron chi connectivity index (χ1n) is 9.77. The lowest BCUT2D eigenvalue weighted by Crippen LogP contribution is -2.48. The van der Waals surface area contributed by atoms with Crippen molar-refractivity contribution >= 4 is 29.1 Å². The summed E-state index contributed by atoms with van der Waals surface area (Å²) in [6.45, 7) is 2.27. The van der Waals surface area contributed by atoms with Crippen LogP contribution in [0.1, 0.15) is 35.6 Å². The highest BCUT2D eigenvalue weighted by Gasteiger charge is 2.27. The van der Waals surface area contributed by atoms with Crippen molar-refractivity contribution in [2.24, 2.45) is 0 Å². The van der Waals surface area contributed by atoms with Gasteiger partial charge in [-0.1, -0.05) is 35.9 Å². The van der Waals surface area contributed by atoms with Gasteiger partial charge >= 0.3 is 0 Å². The molecule has 0 spiro atoms. The maximum absolute atomic E-state index is 12.9. The first kappa shape index (κ1) is 19.0. The van der Waals surface area contributed by atoms with Gasteiger partial charge in [-0.3, -0.25) is 9.59 Å². The third kappa shape index (κ3) is 4.21. The number of aryl methyl sites for hydroxylation is 1. The van der Waals surface area contributed by atoms with Gasteiger partial charge in [0.05, 0.1) is 12.5 Å². The number of nitrogens with one attached hydrogen (secondary N) is 2. The number of piperazine rings is 1. The molecule has 2 aliphatic heterocycles. The van der Waals surface area contributed by atoms with Gasteiger partial charge in [0.25, 0.3) is 0 Å². The average molecular weight is 398 g/mol. The summed E-state index contributed by atoms with van der Waals surface area (Å²) in [4.78, 5) is 26.4. The molecule has 1 unspecified atom stereocenters. The molecule has 146 valence electrons. The van der Waals surface area contributed by atoms with E-state index in [0.717, 1.165) is 42.7 Å². The van der Waals surface area contributed by atoms with Gasteiger partial charge in [0, 0.05) is 36.8 Å². The number of amides is 2. The fraction of sp³-hybridized carbons (Fsp3) is 0.364. The third-order valence-electron chi connectivity index (χ3n) is 5.45. The summed E-state index contributed by atoms with van der Waals surface area (Å²) in [7, 11) is 0. The van der Waals surface area contributed by atoms with E-state index in [1.807, 2.05) is 41.3 Å². The monoisotopic (exact) mass is 397 g/mol. The minimum absolute atomic E-state index is 0.0250.